The van der Waals surface area contributed by atoms with Crippen LogP contribution in [0.25, 0.3) is 0 Å². The number of allylic oxidation sites excluding steroid dienone is 12. The van der Waals surface area contributed by atoms with E-state index < -0.39 is 6.10 Å². The van der Waals surface area contributed by atoms with E-state index in [0.29, 0.717) is 19.4 Å². The minimum Gasteiger partial charge on any atom is -0.462 e. The Balaban J connectivity index is 4.28. The van der Waals surface area contributed by atoms with E-state index in [0.717, 1.165) is 83.5 Å². The third kappa shape index (κ3) is 54.0. The molecule has 0 rings (SSSR count). The van der Waals surface area contributed by atoms with E-state index in [1.165, 1.54) is 161 Å². The lowest BCUT2D eigenvalue weighted by Gasteiger charge is -2.18. The van der Waals surface area contributed by atoms with E-state index >= 15 is 0 Å². The van der Waals surface area contributed by atoms with Crippen molar-refractivity contribution in [3.63, 3.8) is 0 Å². The molecule has 5 nitrogen and oxygen atoms in total. The quantitative estimate of drug-likeness (QED) is 0.0346. The Morgan fingerprint density at radius 3 is 1.12 bits per heavy atom. The van der Waals surface area contributed by atoms with Crippen molar-refractivity contribution in [1.82, 2.24) is 0 Å². The van der Waals surface area contributed by atoms with Crippen molar-refractivity contribution >= 4 is 11.9 Å². The normalized spacial score (nSPS) is 12.7. The average molecular weight is 922 g/mol. The smallest absolute Gasteiger partial charge is 0.306 e. The lowest BCUT2D eigenvalue weighted by atomic mass is 10.0. The highest BCUT2D eigenvalue weighted by Crippen LogP contribution is 2.15. The zero-order chi connectivity index (χ0) is 47.7. The molecule has 0 aliphatic heterocycles. The van der Waals surface area contributed by atoms with Crippen molar-refractivity contribution in [3.8, 4) is 0 Å². The fourth-order valence-corrected chi connectivity index (χ4v) is 8.00. The van der Waals surface area contributed by atoms with Crippen molar-refractivity contribution in [1.29, 1.82) is 0 Å². The molecule has 1 unspecified atom stereocenters. The average Bonchev–Trinajstić information content (AvgIpc) is 3.32. The van der Waals surface area contributed by atoms with Crippen LogP contribution in [0.4, 0.5) is 0 Å². The van der Waals surface area contributed by atoms with Gasteiger partial charge >= 0.3 is 11.9 Å². The van der Waals surface area contributed by atoms with Gasteiger partial charge in [-0.15, -0.1) is 0 Å². The Hall–Kier alpha value is -2.66. The van der Waals surface area contributed by atoms with Crippen LogP contribution in [0.5, 0.6) is 0 Å². The first-order valence-corrected chi connectivity index (χ1v) is 28.5. The second kappa shape index (κ2) is 56.7. The van der Waals surface area contributed by atoms with Gasteiger partial charge in [-0.1, -0.05) is 248 Å². The Bertz CT molecular complexity index is 1180. The van der Waals surface area contributed by atoms with Gasteiger partial charge < -0.3 is 14.2 Å². The Kier molecular flexibility index (Phi) is 54.4. The number of carbonyl (C=O) groups excluding carboxylic acids is 2. The topological polar surface area (TPSA) is 61.8 Å². The molecule has 0 aromatic rings. The molecule has 0 aliphatic carbocycles. The van der Waals surface area contributed by atoms with E-state index in [4.69, 9.17) is 14.2 Å². The van der Waals surface area contributed by atoms with Gasteiger partial charge in [-0.3, -0.25) is 9.59 Å². The van der Waals surface area contributed by atoms with Gasteiger partial charge in [0.05, 0.1) is 6.61 Å². The van der Waals surface area contributed by atoms with E-state index in [1.807, 2.05) is 0 Å². The summed E-state index contributed by atoms with van der Waals surface area (Å²) in [6, 6.07) is 0. The SMILES string of the molecule is CC/C=C\C/C=C\C/C=C\C/C=C\CCCCCCCCC(=O)OCC(COCCCCCCCCCC/C=C\C/C=C\CCCCC)OC(=O)CCCCCCCCCCCCCCC. The molecule has 0 bridgehead atoms. The largest absolute Gasteiger partial charge is 0.462 e. The van der Waals surface area contributed by atoms with Gasteiger partial charge in [0.15, 0.2) is 6.10 Å². The van der Waals surface area contributed by atoms with Crippen molar-refractivity contribution in [2.45, 2.75) is 284 Å². The molecule has 0 radical (unpaired) electrons. The Morgan fingerprint density at radius 2 is 0.682 bits per heavy atom. The van der Waals surface area contributed by atoms with Crippen LogP contribution in [0.2, 0.25) is 0 Å². The summed E-state index contributed by atoms with van der Waals surface area (Å²) in [5, 5.41) is 0. The minimum absolute atomic E-state index is 0.0758. The molecule has 0 aromatic heterocycles. The number of ether oxygens (including phenoxy) is 3. The fraction of sp³-hybridized carbons (Fsp3) is 0.770. The van der Waals surface area contributed by atoms with E-state index in [9.17, 15) is 9.59 Å². The molecule has 0 amide bonds. The van der Waals surface area contributed by atoms with E-state index in [-0.39, 0.29) is 25.2 Å². The van der Waals surface area contributed by atoms with Gasteiger partial charge in [-0.2, -0.15) is 0 Å². The summed E-state index contributed by atoms with van der Waals surface area (Å²) >= 11 is 0. The Labute approximate surface area is 410 Å². The summed E-state index contributed by atoms with van der Waals surface area (Å²) in [5.74, 6) is -0.407. The number of esters is 2. The van der Waals surface area contributed by atoms with Gasteiger partial charge in [0.25, 0.3) is 0 Å². The number of hydrogen-bond donors (Lipinski definition) is 0. The first kappa shape index (κ1) is 63.3. The van der Waals surface area contributed by atoms with E-state index in [1.54, 1.807) is 0 Å². The molecular formula is C61H108O5. The summed E-state index contributed by atoms with van der Waals surface area (Å²) < 4.78 is 17.5. The van der Waals surface area contributed by atoms with Gasteiger partial charge in [-0.05, 0) is 89.9 Å². The van der Waals surface area contributed by atoms with Crippen LogP contribution < -0.4 is 0 Å². The molecule has 0 fully saturated rings. The molecule has 0 heterocycles. The standard InChI is InChI=1S/C61H108O5/c1-4-7-10-13-16-19-22-25-27-29-31-32-34-37-39-42-45-48-51-54-60(62)65-58-59(66-61(63)55-52-49-46-43-40-36-24-21-18-15-12-9-6-3)57-64-56-53-50-47-44-41-38-35-33-30-28-26-23-20-17-14-11-8-5-2/h7,10,16-17,19-20,25-28,31-32,59H,4-6,8-9,11-15,18,21-24,29-30,33-58H2,1-3H3/b10-7-,19-16-,20-17-,27-25-,28-26-,32-31-. The molecule has 0 aromatic carbocycles. The third-order valence-corrected chi connectivity index (χ3v) is 12.2. The maximum Gasteiger partial charge on any atom is 0.306 e. The second-order valence-electron chi connectivity index (χ2n) is 18.8. The van der Waals surface area contributed by atoms with Crippen LogP contribution in [-0.4, -0.2) is 37.9 Å². The molecule has 5 heteroatoms. The van der Waals surface area contributed by atoms with Crippen molar-refractivity contribution in [3.05, 3.63) is 72.9 Å². The van der Waals surface area contributed by atoms with Gasteiger partial charge in [-0.25, -0.2) is 0 Å². The highest BCUT2D eigenvalue weighted by molar-refractivity contribution is 5.70. The number of rotatable bonds is 52. The summed E-state index contributed by atoms with van der Waals surface area (Å²) in [7, 11) is 0. The fourth-order valence-electron chi connectivity index (χ4n) is 8.00. The molecule has 0 N–H and O–H groups in total. The monoisotopic (exact) mass is 921 g/mol. The van der Waals surface area contributed by atoms with Gasteiger partial charge in [0.2, 0.25) is 0 Å². The predicted molar refractivity (Wildman–Crippen MR) is 288 cm³/mol. The first-order valence-electron chi connectivity index (χ1n) is 28.5. The molecule has 0 saturated carbocycles. The minimum atomic E-state index is -0.546. The van der Waals surface area contributed by atoms with Crippen LogP contribution in [-0.2, 0) is 23.8 Å². The molecule has 382 valence electrons. The first-order chi connectivity index (χ1) is 32.6. The van der Waals surface area contributed by atoms with Crippen LogP contribution in [0.1, 0.15) is 278 Å². The maximum absolute atomic E-state index is 12.8. The molecule has 0 saturated heterocycles. The highest BCUT2D eigenvalue weighted by Gasteiger charge is 2.17. The predicted octanol–water partition coefficient (Wildman–Crippen LogP) is 19.5. The zero-order valence-electron chi connectivity index (χ0n) is 44.0. The van der Waals surface area contributed by atoms with Gasteiger partial charge in [0.1, 0.15) is 6.61 Å². The number of hydrogen-bond acceptors (Lipinski definition) is 5. The number of carbonyl (C=O) groups is 2. The maximum atomic E-state index is 12.8. The van der Waals surface area contributed by atoms with Crippen molar-refractivity contribution < 1.29 is 23.8 Å². The van der Waals surface area contributed by atoms with Crippen LogP contribution >= 0.6 is 0 Å². The summed E-state index contributed by atoms with van der Waals surface area (Å²) in [6.07, 6.45) is 73.4. The summed E-state index contributed by atoms with van der Waals surface area (Å²) in [5.41, 5.74) is 0. The molecule has 1 atom stereocenters. The molecular weight excluding hydrogens is 813 g/mol. The molecule has 0 spiro atoms. The number of unbranched alkanes of at least 4 members (excludes halogenated alkanes) is 29. The third-order valence-electron chi connectivity index (χ3n) is 12.2. The molecule has 0 aliphatic rings. The zero-order valence-corrected chi connectivity index (χ0v) is 44.0. The van der Waals surface area contributed by atoms with Crippen molar-refractivity contribution in [2.75, 3.05) is 19.8 Å². The Morgan fingerprint density at radius 1 is 0.348 bits per heavy atom. The van der Waals surface area contributed by atoms with Crippen LogP contribution in [0.15, 0.2) is 72.9 Å². The lowest BCUT2D eigenvalue weighted by Crippen LogP contribution is -2.30. The van der Waals surface area contributed by atoms with Gasteiger partial charge in [0, 0.05) is 19.4 Å². The van der Waals surface area contributed by atoms with Crippen molar-refractivity contribution in [2.24, 2.45) is 0 Å². The summed E-state index contributed by atoms with van der Waals surface area (Å²) in [4.78, 5) is 25.5. The van der Waals surface area contributed by atoms with E-state index in [2.05, 4.69) is 93.7 Å². The second-order valence-corrected chi connectivity index (χ2v) is 18.8. The highest BCUT2D eigenvalue weighted by atomic mass is 16.6. The summed E-state index contributed by atoms with van der Waals surface area (Å²) in [6.45, 7) is 7.69. The molecule has 66 heavy (non-hydrogen) atoms. The van der Waals surface area contributed by atoms with Crippen LogP contribution in [0, 0.1) is 0 Å². The lowest BCUT2D eigenvalue weighted by molar-refractivity contribution is -0.163. The van der Waals surface area contributed by atoms with Crippen LogP contribution in [0.3, 0.4) is 0 Å².